The fraction of sp³-hybridized carbons (Fsp3) is 0.556. The normalized spacial score (nSPS) is 18.9. The number of hydrogen-bond acceptors (Lipinski definition) is 12. The van der Waals surface area contributed by atoms with Crippen LogP contribution in [0, 0.1) is 0 Å². The van der Waals surface area contributed by atoms with Crippen LogP contribution >= 0.6 is 0 Å². The van der Waals surface area contributed by atoms with Gasteiger partial charge in [-0.05, 0) is 19.4 Å². The largest absolute Gasteiger partial charge is 0.480 e. The summed E-state index contributed by atoms with van der Waals surface area (Å²) >= 11 is 0. The second-order valence-corrected chi connectivity index (χ2v) is 9.47. The van der Waals surface area contributed by atoms with E-state index in [1.165, 1.54) is 10.9 Å². The molecule has 198 valence electrons. The van der Waals surface area contributed by atoms with Gasteiger partial charge in [0, 0.05) is 13.0 Å². The Morgan fingerprint density at radius 3 is 2.72 bits per heavy atom. The van der Waals surface area contributed by atoms with E-state index in [0.717, 1.165) is 4.90 Å². The summed E-state index contributed by atoms with van der Waals surface area (Å²) in [5.74, 6) is -3.29. The number of nitrogens with one attached hydrogen (secondary N) is 2. The summed E-state index contributed by atoms with van der Waals surface area (Å²) in [6.07, 6.45) is 0.913. The van der Waals surface area contributed by atoms with Crippen molar-refractivity contribution in [3.63, 3.8) is 0 Å². The lowest BCUT2D eigenvalue weighted by Gasteiger charge is -2.21. The summed E-state index contributed by atoms with van der Waals surface area (Å²) in [7, 11) is -4.64. The van der Waals surface area contributed by atoms with Gasteiger partial charge >= 0.3 is 16.3 Å². The number of aromatic amines is 1. The molecule has 36 heavy (non-hydrogen) atoms. The maximum atomic E-state index is 12.9. The first-order valence-corrected chi connectivity index (χ1v) is 12.3. The van der Waals surface area contributed by atoms with Crippen LogP contribution in [-0.4, -0.2) is 87.0 Å². The van der Waals surface area contributed by atoms with Crippen LogP contribution in [0.25, 0.3) is 11.2 Å². The first kappa shape index (κ1) is 27.0. The molecular formula is C18H27N9O8S. The number of carboxylic acids is 1. The first-order chi connectivity index (χ1) is 16.9. The van der Waals surface area contributed by atoms with Gasteiger partial charge < -0.3 is 31.8 Å². The summed E-state index contributed by atoms with van der Waals surface area (Å²) in [5, 5.41) is 9.55. The van der Waals surface area contributed by atoms with Crippen LogP contribution in [0.1, 0.15) is 25.7 Å². The number of carbonyl (C=O) groups is 3. The second kappa shape index (κ2) is 11.0. The van der Waals surface area contributed by atoms with Crippen LogP contribution in [0.15, 0.2) is 11.1 Å². The number of fused-ring (bicyclic) bond motifs is 1. The van der Waals surface area contributed by atoms with Crippen molar-refractivity contribution in [3.8, 4) is 0 Å². The summed E-state index contributed by atoms with van der Waals surface area (Å²) < 4.78 is 32.5. The number of aliphatic carboxylic acids is 1. The monoisotopic (exact) mass is 529 g/mol. The van der Waals surface area contributed by atoms with Gasteiger partial charge in [0.2, 0.25) is 11.9 Å². The number of carbonyl (C=O) groups excluding carboxylic acids is 2. The predicted octanol–water partition coefficient (Wildman–Crippen LogP) is -3.41. The number of hydrogen-bond donors (Lipinski definition) is 6. The van der Waals surface area contributed by atoms with E-state index in [9.17, 15) is 32.7 Å². The number of nitrogen functional groups attached to an aromatic ring is 1. The van der Waals surface area contributed by atoms with Crippen molar-refractivity contribution >= 4 is 45.2 Å². The minimum absolute atomic E-state index is 0.0107. The topological polar surface area (TPSA) is 272 Å². The third-order valence-electron chi connectivity index (χ3n) is 5.46. The van der Waals surface area contributed by atoms with Crippen LogP contribution in [0.3, 0.4) is 0 Å². The molecule has 0 bridgehead atoms. The number of nitrogens with two attached hydrogens (primary N) is 3. The molecule has 3 rings (SSSR count). The molecule has 1 saturated heterocycles. The van der Waals surface area contributed by atoms with Crippen LogP contribution in [0.4, 0.5) is 5.95 Å². The highest BCUT2D eigenvalue weighted by Crippen LogP contribution is 2.23. The highest BCUT2D eigenvalue weighted by Gasteiger charge is 2.42. The van der Waals surface area contributed by atoms with Gasteiger partial charge in [0.25, 0.3) is 11.5 Å². The first-order valence-electron chi connectivity index (χ1n) is 10.8. The maximum absolute atomic E-state index is 12.9. The Morgan fingerprint density at radius 1 is 1.33 bits per heavy atom. The molecule has 17 nitrogen and oxygen atoms in total. The van der Waals surface area contributed by atoms with E-state index in [4.69, 9.17) is 21.4 Å². The molecular weight excluding hydrogens is 502 g/mol. The molecule has 18 heteroatoms. The molecule has 0 radical (unpaired) electrons. The average Bonchev–Trinajstić information content (AvgIpc) is 3.37. The number of amides is 2. The van der Waals surface area contributed by atoms with E-state index in [-0.39, 0.29) is 30.0 Å². The number of likely N-dealkylation sites (tertiary alicyclic amines) is 1. The van der Waals surface area contributed by atoms with Crippen molar-refractivity contribution in [2.45, 2.75) is 50.4 Å². The van der Waals surface area contributed by atoms with Crippen molar-refractivity contribution in [2.24, 2.45) is 11.5 Å². The summed E-state index contributed by atoms with van der Waals surface area (Å²) in [5.41, 5.74) is 15.9. The van der Waals surface area contributed by atoms with Crippen LogP contribution in [0.2, 0.25) is 0 Å². The van der Waals surface area contributed by atoms with E-state index in [1.54, 1.807) is 4.72 Å². The number of H-pyrrole nitrogens is 1. The zero-order valence-electron chi connectivity index (χ0n) is 19.0. The quantitative estimate of drug-likeness (QED) is 0.155. The number of nitrogens with zero attached hydrogens (tertiary/aromatic N) is 4. The van der Waals surface area contributed by atoms with Gasteiger partial charge in [0.05, 0.1) is 18.5 Å². The van der Waals surface area contributed by atoms with E-state index < -0.39 is 64.9 Å². The van der Waals surface area contributed by atoms with Gasteiger partial charge in [0.15, 0.2) is 11.2 Å². The van der Waals surface area contributed by atoms with Crippen molar-refractivity contribution in [1.29, 1.82) is 0 Å². The Bertz CT molecular complexity index is 1310. The number of aromatic nitrogens is 4. The highest BCUT2D eigenvalue weighted by molar-refractivity contribution is 7.85. The van der Waals surface area contributed by atoms with Crippen molar-refractivity contribution in [1.82, 2.24) is 29.1 Å². The molecule has 2 amide bonds. The smallest absolute Gasteiger partial charge is 0.362 e. The fourth-order valence-corrected chi connectivity index (χ4v) is 4.69. The Hall–Kier alpha value is -3.61. The molecule has 3 heterocycles. The third-order valence-corrected chi connectivity index (χ3v) is 6.44. The zero-order valence-corrected chi connectivity index (χ0v) is 19.8. The second-order valence-electron chi connectivity index (χ2n) is 8.16. The molecule has 9 N–H and O–H groups in total. The lowest BCUT2D eigenvalue weighted by molar-refractivity contribution is -0.148. The lowest BCUT2D eigenvalue weighted by atomic mass is 10.1. The van der Waals surface area contributed by atoms with Gasteiger partial charge in [0.1, 0.15) is 12.6 Å². The summed E-state index contributed by atoms with van der Waals surface area (Å²) in [6, 6.07) is -2.51. The van der Waals surface area contributed by atoms with Crippen molar-refractivity contribution < 1.29 is 32.1 Å². The van der Waals surface area contributed by atoms with Crippen molar-refractivity contribution in [2.75, 3.05) is 18.8 Å². The Morgan fingerprint density at radius 2 is 2.06 bits per heavy atom. The number of rotatable bonds is 11. The van der Waals surface area contributed by atoms with Gasteiger partial charge in [-0.3, -0.25) is 19.4 Å². The number of carboxylic acid groups (broad SMARTS) is 1. The number of anilines is 1. The average molecular weight is 530 g/mol. The lowest BCUT2D eigenvalue weighted by Crippen LogP contribution is -2.45. The Balaban J connectivity index is 1.67. The molecule has 1 aliphatic rings. The SMILES string of the molecule is NCCCC[C@H](N)C(=O)NS(=O)(=O)O[C@@H]1C[C@@H](C(=O)O)N(C(=O)Cn2cnc3c(=O)[nH]c(N)nc32)C1. The Labute approximate surface area is 204 Å². The molecule has 0 spiro atoms. The summed E-state index contributed by atoms with van der Waals surface area (Å²) in [4.78, 5) is 59.6. The van der Waals surface area contributed by atoms with Gasteiger partial charge in [-0.2, -0.15) is 13.4 Å². The van der Waals surface area contributed by atoms with Crippen LogP contribution < -0.4 is 27.5 Å². The summed E-state index contributed by atoms with van der Waals surface area (Å²) in [6.45, 7) is -0.447. The molecule has 2 aromatic rings. The predicted molar refractivity (Wildman–Crippen MR) is 123 cm³/mol. The molecule has 0 aliphatic carbocycles. The van der Waals surface area contributed by atoms with Crippen molar-refractivity contribution in [3.05, 3.63) is 16.7 Å². The van der Waals surface area contributed by atoms with E-state index in [1.807, 2.05) is 0 Å². The molecule has 1 aliphatic heterocycles. The van der Waals surface area contributed by atoms with Gasteiger partial charge in [-0.25, -0.2) is 18.7 Å². The zero-order chi connectivity index (χ0) is 26.6. The van der Waals surface area contributed by atoms with Gasteiger partial charge in [-0.15, -0.1) is 0 Å². The minimum atomic E-state index is -4.64. The standard InChI is InChI=1S/C18H27N9O8S/c19-4-2-1-3-10(20)15(29)25-36(33,34)35-9-5-11(17(31)32)27(6-9)12(28)7-26-8-22-13-14(26)23-18(21)24-16(13)30/h8-11H,1-7,19-20H2,(H,25,29)(H,31,32)(H3,21,23,24,30)/t9-,10+,11+/m1/s1. The van der Waals surface area contributed by atoms with Crippen LogP contribution in [-0.2, 0) is 35.4 Å². The third kappa shape index (κ3) is 6.33. The molecule has 3 atom stereocenters. The number of imidazole rings is 1. The Kier molecular flexibility index (Phi) is 8.23. The molecule has 2 aromatic heterocycles. The van der Waals surface area contributed by atoms with E-state index >= 15 is 0 Å². The molecule has 1 fully saturated rings. The highest BCUT2D eigenvalue weighted by atomic mass is 32.2. The van der Waals surface area contributed by atoms with E-state index in [2.05, 4.69) is 15.0 Å². The van der Waals surface area contributed by atoms with Crippen LogP contribution in [0.5, 0.6) is 0 Å². The fourth-order valence-electron chi connectivity index (χ4n) is 3.74. The maximum Gasteiger partial charge on any atom is 0.362 e. The van der Waals surface area contributed by atoms with E-state index in [0.29, 0.717) is 19.4 Å². The van der Waals surface area contributed by atoms with Gasteiger partial charge in [-0.1, -0.05) is 6.42 Å². The molecule has 0 saturated carbocycles. The number of unbranched alkanes of at least 4 members (excludes halogenated alkanes) is 1. The minimum Gasteiger partial charge on any atom is -0.480 e. The molecule has 0 unspecified atom stereocenters. The molecule has 0 aromatic carbocycles.